The van der Waals surface area contributed by atoms with Gasteiger partial charge in [-0.2, -0.15) is 0 Å². The Morgan fingerprint density at radius 3 is 3.00 bits per heavy atom. The molecule has 128 valence electrons. The Balaban J connectivity index is 1.67. The fraction of sp³-hybridized carbons (Fsp3) is 0.412. The van der Waals surface area contributed by atoms with Crippen molar-refractivity contribution in [3.05, 3.63) is 33.9 Å². The minimum atomic E-state index is -0.653. The molecule has 2 aromatic rings. The van der Waals surface area contributed by atoms with Gasteiger partial charge in [0.1, 0.15) is 10.7 Å². The number of carbonyl (C=O) groups is 2. The summed E-state index contributed by atoms with van der Waals surface area (Å²) in [6.07, 6.45) is 2.08. The molecule has 0 spiro atoms. The molecule has 24 heavy (non-hydrogen) atoms. The fourth-order valence-corrected chi connectivity index (χ4v) is 4.30. The van der Waals surface area contributed by atoms with Crippen molar-refractivity contribution in [3.63, 3.8) is 0 Å². The molecule has 1 saturated heterocycles. The third-order valence-corrected chi connectivity index (χ3v) is 5.75. The van der Waals surface area contributed by atoms with Gasteiger partial charge in [0, 0.05) is 23.2 Å². The maximum Gasteiger partial charge on any atom is 0.350 e. The van der Waals surface area contributed by atoms with Gasteiger partial charge in [-0.05, 0) is 37.0 Å². The highest BCUT2D eigenvalue weighted by Crippen LogP contribution is 2.36. The van der Waals surface area contributed by atoms with Crippen LogP contribution in [0.1, 0.15) is 29.4 Å². The van der Waals surface area contributed by atoms with Crippen LogP contribution in [0.25, 0.3) is 10.1 Å². The first-order valence-electron chi connectivity index (χ1n) is 7.78. The molecule has 1 fully saturated rings. The third-order valence-electron chi connectivity index (χ3n) is 4.11. The van der Waals surface area contributed by atoms with E-state index in [1.807, 2.05) is 0 Å². The van der Waals surface area contributed by atoms with Crippen LogP contribution in [0.2, 0.25) is 5.02 Å². The average molecular weight is 370 g/mol. The second-order valence-corrected chi connectivity index (χ2v) is 7.48. The lowest BCUT2D eigenvalue weighted by Crippen LogP contribution is -2.41. The normalized spacial score (nSPS) is 18.0. The van der Waals surface area contributed by atoms with Crippen molar-refractivity contribution >= 4 is 44.9 Å². The van der Waals surface area contributed by atoms with Gasteiger partial charge >= 0.3 is 5.97 Å². The van der Waals surface area contributed by atoms with E-state index in [2.05, 4.69) is 6.92 Å². The number of nitrogens with zero attached hydrogens (tertiary/aromatic N) is 1. The van der Waals surface area contributed by atoms with Gasteiger partial charge in [-0.3, -0.25) is 4.79 Å². The fourth-order valence-electron chi connectivity index (χ4n) is 2.87. The molecule has 1 aliphatic rings. The number of hydrogen-bond acceptors (Lipinski definition) is 4. The molecule has 1 aromatic carbocycles. The molecule has 0 aliphatic carbocycles. The van der Waals surface area contributed by atoms with Crippen LogP contribution in [0.5, 0.6) is 0 Å². The van der Waals surface area contributed by atoms with Crippen molar-refractivity contribution in [2.45, 2.75) is 19.8 Å². The van der Waals surface area contributed by atoms with Crippen LogP contribution in [-0.4, -0.2) is 36.5 Å². The largest absolute Gasteiger partial charge is 0.451 e. The van der Waals surface area contributed by atoms with E-state index in [9.17, 15) is 14.0 Å². The van der Waals surface area contributed by atoms with Gasteiger partial charge < -0.3 is 9.64 Å². The number of likely N-dealkylation sites (tertiary alicyclic amines) is 1. The Kier molecular flexibility index (Phi) is 5.06. The molecular formula is C17H17ClFNO3S. The molecular weight excluding hydrogens is 353 g/mol. The van der Waals surface area contributed by atoms with Gasteiger partial charge in [0.2, 0.25) is 0 Å². The number of piperidine rings is 1. The van der Waals surface area contributed by atoms with Gasteiger partial charge in [0.25, 0.3) is 5.91 Å². The van der Waals surface area contributed by atoms with Crippen LogP contribution in [0.15, 0.2) is 18.2 Å². The zero-order valence-corrected chi connectivity index (χ0v) is 14.8. The number of fused-ring (bicyclic) bond motifs is 1. The maximum atomic E-state index is 13.3. The molecule has 1 unspecified atom stereocenters. The molecule has 7 heteroatoms. The second-order valence-electron chi connectivity index (χ2n) is 6.05. The first kappa shape index (κ1) is 17.2. The predicted molar refractivity (Wildman–Crippen MR) is 92.1 cm³/mol. The standard InChI is InChI=1S/C17H17ClFNO3S/c1-10-3-2-6-20(8-10)14(21)9-23-17(22)16-15(18)12-5-4-11(19)7-13(12)24-16/h4-5,7,10H,2-3,6,8-9H2,1H3. The summed E-state index contributed by atoms with van der Waals surface area (Å²) in [7, 11) is 0. The summed E-state index contributed by atoms with van der Waals surface area (Å²) < 4.78 is 19.0. The molecule has 0 N–H and O–H groups in total. The SMILES string of the molecule is CC1CCCN(C(=O)COC(=O)c2sc3cc(F)ccc3c2Cl)C1. The summed E-state index contributed by atoms with van der Waals surface area (Å²) in [4.78, 5) is 26.3. The minimum absolute atomic E-state index is 0.192. The average Bonchev–Trinajstić information content (AvgIpc) is 2.88. The van der Waals surface area contributed by atoms with E-state index >= 15 is 0 Å². The number of amides is 1. The monoisotopic (exact) mass is 369 g/mol. The lowest BCUT2D eigenvalue weighted by molar-refractivity contribution is -0.136. The smallest absolute Gasteiger partial charge is 0.350 e. The molecule has 1 aliphatic heterocycles. The Hall–Kier alpha value is -1.66. The first-order valence-corrected chi connectivity index (χ1v) is 8.97. The number of hydrogen-bond donors (Lipinski definition) is 0. The van der Waals surface area contributed by atoms with Crippen molar-refractivity contribution in [3.8, 4) is 0 Å². The van der Waals surface area contributed by atoms with E-state index in [1.165, 1.54) is 18.2 Å². The number of rotatable bonds is 3. The summed E-state index contributed by atoms with van der Waals surface area (Å²) in [6.45, 7) is 3.19. The molecule has 0 saturated carbocycles. The minimum Gasteiger partial charge on any atom is -0.451 e. The van der Waals surface area contributed by atoms with E-state index in [0.717, 1.165) is 24.2 Å². The molecule has 0 radical (unpaired) electrons. The van der Waals surface area contributed by atoms with Gasteiger partial charge in [0.15, 0.2) is 6.61 Å². The first-order chi connectivity index (χ1) is 11.5. The molecule has 0 bridgehead atoms. The van der Waals surface area contributed by atoms with Gasteiger partial charge in [-0.1, -0.05) is 18.5 Å². The maximum absolute atomic E-state index is 13.3. The molecule has 1 amide bonds. The number of carbonyl (C=O) groups excluding carboxylic acids is 2. The van der Waals surface area contributed by atoms with Crippen LogP contribution >= 0.6 is 22.9 Å². The van der Waals surface area contributed by atoms with Gasteiger partial charge in [-0.25, -0.2) is 9.18 Å². The molecule has 4 nitrogen and oxygen atoms in total. The van der Waals surface area contributed by atoms with Crippen molar-refractivity contribution in [1.29, 1.82) is 0 Å². The van der Waals surface area contributed by atoms with Crippen LogP contribution in [0, 0.1) is 11.7 Å². The zero-order valence-electron chi connectivity index (χ0n) is 13.2. The number of benzene rings is 1. The molecule has 1 aromatic heterocycles. The van der Waals surface area contributed by atoms with E-state index in [-0.39, 0.29) is 22.4 Å². The van der Waals surface area contributed by atoms with Crippen LogP contribution in [-0.2, 0) is 9.53 Å². The lowest BCUT2D eigenvalue weighted by Gasteiger charge is -2.30. The highest BCUT2D eigenvalue weighted by atomic mass is 35.5. The van der Waals surface area contributed by atoms with E-state index in [1.54, 1.807) is 4.90 Å². The van der Waals surface area contributed by atoms with E-state index in [0.29, 0.717) is 29.1 Å². The topological polar surface area (TPSA) is 46.6 Å². The summed E-state index contributed by atoms with van der Waals surface area (Å²) in [6, 6.07) is 4.14. The van der Waals surface area contributed by atoms with Crippen LogP contribution in [0.3, 0.4) is 0 Å². The summed E-state index contributed by atoms with van der Waals surface area (Å²) in [5.74, 6) is -0.779. The summed E-state index contributed by atoms with van der Waals surface area (Å²) >= 11 is 7.24. The van der Waals surface area contributed by atoms with Gasteiger partial charge in [-0.15, -0.1) is 11.3 Å². The number of thiophene rings is 1. The lowest BCUT2D eigenvalue weighted by atomic mass is 10.0. The third kappa shape index (κ3) is 3.54. The Bertz CT molecular complexity index is 791. The summed E-state index contributed by atoms with van der Waals surface area (Å²) in [5.41, 5.74) is 0. The quantitative estimate of drug-likeness (QED) is 0.765. The highest BCUT2D eigenvalue weighted by molar-refractivity contribution is 7.21. The zero-order chi connectivity index (χ0) is 17.3. The van der Waals surface area contributed by atoms with Crippen LogP contribution in [0.4, 0.5) is 4.39 Å². The van der Waals surface area contributed by atoms with Gasteiger partial charge in [0.05, 0.1) is 5.02 Å². The predicted octanol–water partition coefficient (Wildman–Crippen LogP) is 4.11. The number of halogens is 2. The van der Waals surface area contributed by atoms with Crippen LogP contribution < -0.4 is 0 Å². The molecule has 1 atom stereocenters. The van der Waals surface area contributed by atoms with Crippen molar-refractivity contribution in [2.24, 2.45) is 5.92 Å². The number of ether oxygens (including phenoxy) is 1. The van der Waals surface area contributed by atoms with E-state index in [4.69, 9.17) is 16.3 Å². The Labute approximate surface area is 148 Å². The van der Waals surface area contributed by atoms with Crippen molar-refractivity contribution < 1.29 is 18.7 Å². The Morgan fingerprint density at radius 2 is 2.25 bits per heavy atom. The molecule has 3 rings (SSSR count). The van der Waals surface area contributed by atoms with Crippen molar-refractivity contribution in [1.82, 2.24) is 4.90 Å². The number of esters is 1. The van der Waals surface area contributed by atoms with E-state index < -0.39 is 11.8 Å². The Morgan fingerprint density at radius 1 is 1.46 bits per heavy atom. The second kappa shape index (κ2) is 7.07. The summed E-state index contributed by atoms with van der Waals surface area (Å²) in [5, 5.41) is 0.838. The van der Waals surface area contributed by atoms with Crippen molar-refractivity contribution in [2.75, 3.05) is 19.7 Å². The highest BCUT2D eigenvalue weighted by Gasteiger charge is 2.24. The molecule has 2 heterocycles.